The molecular formula is C16H18N4O2S. The number of hydrogen-bond acceptors (Lipinski definition) is 6. The lowest BCUT2D eigenvalue weighted by Gasteiger charge is -2.05. The van der Waals surface area contributed by atoms with E-state index in [0.29, 0.717) is 0 Å². The number of hydrogen-bond donors (Lipinski definition) is 0. The standard InChI is InChI=1S/C16H18N4O2S/c1-10-14(11(2)22-19-10)9-23-16-18-17-15(20(16)3)12-5-7-13(21-4)8-6-12/h5-8H,9H2,1-4H3. The first-order valence-electron chi connectivity index (χ1n) is 7.18. The van der Waals surface area contributed by atoms with Crippen LogP contribution in [-0.4, -0.2) is 27.0 Å². The molecule has 0 saturated carbocycles. The van der Waals surface area contributed by atoms with Gasteiger partial charge in [-0.15, -0.1) is 10.2 Å². The Bertz CT molecular complexity index is 789. The van der Waals surface area contributed by atoms with E-state index in [1.165, 1.54) is 0 Å². The molecule has 0 bridgehead atoms. The monoisotopic (exact) mass is 330 g/mol. The third-order valence-electron chi connectivity index (χ3n) is 3.71. The predicted molar refractivity (Wildman–Crippen MR) is 88.5 cm³/mol. The Morgan fingerprint density at radius 3 is 2.52 bits per heavy atom. The lowest BCUT2D eigenvalue weighted by atomic mass is 10.2. The van der Waals surface area contributed by atoms with Gasteiger partial charge in [-0.05, 0) is 38.1 Å². The Labute approximate surface area is 138 Å². The maximum absolute atomic E-state index is 5.19. The molecule has 1 aromatic carbocycles. The Morgan fingerprint density at radius 2 is 1.91 bits per heavy atom. The van der Waals surface area contributed by atoms with Crippen LogP contribution in [0.1, 0.15) is 17.0 Å². The zero-order valence-corrected chi connectivity index (χ0v) is 14.3. The van der Waals surface area contributed by atoms with Crippen molar-refractivity contribution in [3.05, 3.63) is 41.3 Å². The molecule has 0 unspecified atom stereocenters. The lowest BCUT2D eigenvalue weighted by molar-refractivity contribution is 0.392. The van der Waals surface area contributed by atoms with Crippen molar-refractivity contribution in [2.24, 2.45) is 7.05 Å². The second-order valence-electron chi connectivity index (χ2n) is 5.19. The molecular weight excluding hydrogens is 312 g/mol. The topological polar surface area (TPSA) is 66.0 Å². The number of methoxy groups -OCH3 is 1. The summed E-state index contributed by atoms with van der Waals surface area (Å²) in [5.74, 6) is 3.26. The fourth-order valence-electron chi connectivity index (χ4n) is 2.28. The van der Waals surface area contributed by atoms with E-state index in [-0.39, 0.29) is 0 Å². The van der Waals surface area contributed by atoms with Crippen molar-refractivity contribution in [1.29, 1.82) is 0 Å². The largest absolute Gasteiger partial charge is 0.497 e. The van der Waals surface area contributed by atoms with Gasteiger partial charge in [0.2, 0.25) is 0 Å². The van der Waals surface area contributed by atoms with Crippen LogP contribution in [0.2, 0.25) is 0 Å². The highest BCUT2D eigenvalue weighted by molar-refractivity contribution is 7.98. The van der Waals surface area contributed by atoms with Crippen LogP contribution in [0.5, 0.6) is 5.75 Å². The molecule has 3 aromatic rings. The van der Waals surface area contributed by atoms with Gasteiger partial charge in [-0.1, -0.05) is 16.9 Å². The smallest absolute Gasteiger partial charge is 0.191 e. The first-order valence-corrected chi connectivity index (χ1v) is 8.17. The van der Waals surface area contributed by atoms with Crippen molar-refractivity contribution < 1.29 is 9.26 Å². The summed E-state index contributed by atoms with van der Waals surface area (Å²) < 4.78 is 12.4. The summed E-state index contributed by atoms with van der Waals surface area (Å²) in [5, 5.41) is 13.4. The third kappa shape index (κ3) is 3.10. The van der Waals surface area contributed by atoms with E-state index >= 15 is 0 Å². The molecule has 0 aliphatic carbocycles. The number of aryl methyl sites for hydroxylation is 2. The molecule has 0 saturated heterocycles. The molecule has 120 valence electrons. The maximum Gasteiger partial charge on any atom is 0.191 e. The molecule has 0 aliphatic rings. The minimum atomic E-state index is 0.760. The molecule has 0 spiro atoms. The van der Waals surface area contributed by atoms with Crippen LogP contribution in [0.4, 0.5) is 0 Å². The van der Waals surface area contributed by atoms with Crippen LogP contribution in [-0.2, 0) is 12.8 Å². The fraction of sp³-hybridized carbons (Fsp3) is 0.312. The average Bonchev–Trinajstić information content (AvgIpc) is 3.09. The van der Waals surface area contributed by atoms with Gasteiger partial charge in [0, 0.05) is 23.9 Å². The van der Waals surface area contributed by atoms with Crippen molar-refractivity contribution in [3.63, 3.8) is 0 Å². The van der Waals surface area contributed by atoms with E-state index < -0.39 is 0 Å². The summed E-state index contributed by atoms with van der Waals surface area (Å²) in [5.41, 5.74) is 3.04. The van der Waals surface area contributed by atoms with Crippen LogP contribution in [0, 0.1) is 13.8 Å². The predicted octanol–water partition coefficient (Wildman–Crippen LogP) is 3.39. The van der Waals surface area contributed by atoms with Crippen molar-refractivity contribution >= 4 is 11.8 Å². The Morgan fingerprint density at radius 1 is 1.17 bits per heavy atom. The fourth-order valence-corrected chi connectivity index (χ4v) is 3.34. The van der Waals surface area contributed by atoms with Crippen LogP contribution in [0.15, 0.2) is 33.9 Å². The Hall–Kier alpha value is -2.28. The number of ether oxygens (including phenoxy) is 1. The van der Waals surface area contributed by atoms with Gasteiger partial charge in [-0.3, -0.25) is 0 Å². The Kier molecular flexibility index (Phi) is 4.38. The molecule has 0 amide bonds. The highest BCUT2D eigenvalue weighted by Gasteiger charge is 2.14. The van der Waals surface area contributed by atoms with E-state index in [1.807, 2.05) is 49.7 Å². The van der Waals surface area contributed by atoms with E-state index in [0.717, 1.165) is 45.1 Å². The van der Waals surface area contributed by atoms with Crippen molar-refractivity contribution in [1.82, 2.24) is 19.9 Å². The lowest BCUT2D eigenvalue weighted by Crippen LogP contribution is -1.95. The van der Waals surface area contributed by atoms with Crippen LogP contribution < -0.4 is 4.74 Å². The number of nitrogens with zero attached hydrogens (tertiary/aromatic N) is 4. The second kappa shape index (κ2) is 6.45. The van der Waals surface area contributed by atoms with Gasteiger partial charge < -0.3 is 13.8 Å². The van der Waals surface area contributed by atoms with Crippen LogP contribution >= 0.6 is 11.8 Å². The number of rotatable bonds is 5. The summed E-state index contributed by atoms with van der Waals surface area (Å²) in [7, 11) is 3.62. The SMILES string of the molecule is COc1ccc(-c2nnc(SCc3c(C)noc3C)n2C)cc1. The Balaban J connectivity index is 1.79. The molecule has 0 N–H and O–H groups in total. The molecule has 2 aromatic heterocycles. The molecule has 6 nitrogen and oxygen atoms in total. The zero-order valence-electron chi connectivity index (χ0n) is 13.5. The van der Waals surface area contributed by atoms with E-state index in [2.05, 4.69) is 15.4 Å². The van der Waals surface area contributed by atoms with Gasteiger partial charge in [0.25, 0.3) is 0 Å². The average molecular weight is 330 g/mol. The van der Waals surface area contributed by atoms with Gasteiger partial charge >= 0.3 is 0 Å². The summed E-state index contributed by atoms with van der Waals surface area (Å²) in [6, 6.07) is 7.79. The van der Waals surface area contributed by atoms with E-state index in [9.17, 15) is 0 Å². The summed E-state index contributed by atoms with van der Waals surface area (Å²) >= 11 is 1.62. The molecule has 0 fully saturated rings. The molecule has 0 radical (unpaired) electrons. The van der Waals surface area contributed by atoms with Gasteiger partial charge in [-0.2, -0.15) is 0 Å². The maximum atomic E-state index is 5.19. The van der Waals surface area contributed by atoms with Gasteiger partial charge in [0.15, 0.2) is 11.0 Å². The minimum Gasteiger partial charge on any atom is -0.497 e. The molecule has 0 aliphatic heterocycles. The van der Waals surface area contributed by atoms with Crippen molar-refractivity contribution in [2.75, 3.05) is 7.11 Å². The first-order chi connectivity index (χ1) is 11.1. The second-order valence-corrected chi connectivity index (χ2v) is 6.13. The summed E-state index contributed by atoms with van der Waals surface area (Å²) in [6.45, 7) is 3.88. The normalized spacial score (nSPS) is 11.0. The third-order valence-corrected chi connectivity index (χ3v) is 4.76. The number of benzene rings is 1. The first kappa shape index (κ1) is 15.6. The molecule has 2 heterocycles. The number of aromatic nitrogens is 4. The number of thioether (sulfide) groups is 1. The molecule has 7 heteroatoms. The summed E-state index contributed by atoms with van der Waals surface area (Å²) in [6.07, 6.45) is 0. The zero-order chi connectivity index (χ0) is 16.4. The quantitative estimate of drug-likeness (QED) is 0.668. The van der Waals surface area contributed by atoms with Gasteiger partial charge in [0.1, 0.15) is 11.5 Å². The van der Waals surface area contributed by atoms with Crippen molar-refractivity contribution in [2.45, 2.75) is 24.8 Å². The highest BCUT2D eigenvalue weighted by atomic mass is 32.2. The summed E-state index contributed by atoms with van der Waals surface area (Å²) in [4.78, 5) is 0. The van der Waals surface area contributed by atoms with Crippen LogP contribution in [0.3, 0.4) is 0 Å². The molecule has 0 atom stereocenters. The van der Waals surface area contributed by atoms with Crippen molar-refractivity contribution in [3.8, 4) is 17.1 Å². The minimum absolute atomic E-state index is 0.760. The van der Waals surface area contributed by atoms with Gasteiger partial charge in [-0.25, -0.2) is 0 Å². The molecule has 3 rings (SSSR count). The molecule has 23 heavy (non-hydrogen) atoms. The highest BCUT2D eigenvalue weighted by Crippen LogP contribution is 2.28. The van der Waals surface area contributed by atoms with Gasteiger partial charge in [0.05, 0.1) is 12.8 Å². The van der Waals surface area contributed by atoms with Crippen LogP contribution in [0.25, 0.3) is 11.4 Å². The van der Waals surface area contributed by atoms with E-state index in [4.69, 9.17) is 9.26 Å². The van der Waals surface area contributed by atoms with E-state index in [1.54, 1.807) is 18.9 Å².